The van der Waals surface area contributed by atoms with Crippen molar-refractivity contribution in [3.05, 3.63) is 35.9 Å². The number of ether oxygens (including phenoxy) is 1. The molecule has 1 unspecified atom stereocenters. The quantitative estimate of drug-likeness (QED) is 0.729. The van der Waals surface area contributed by atoms with Crippen molar-refractivity contribution in [3.8, 4) is 0 Å². The minimum Gasteiger partial charge on any atom is -0.466 e. The summed E-state index contributed by atoms with van der Waals surface area (Å²) in [4.78, 5) is 11.3. The molecule has 0 bridgehead atoms. The summed E-state index contributed by atoms with van der Waals surface area (Å²) in [5, 5.41) is 0. The monoisotopic (exact) mass is 218 g/mol. The summed E-state index contributed by atoms with van der Waals surface area (Å²) >= 11 is 0. The molecular weight excluding hydrogens is 200 g/mol. The van der Waals surface area contributed by atoms with Crippen molar-refractivity contribution in [3.63, 3.8) is 0 Å². The lowest BCUT2D eigenvalue weighted by Gasteiger charge is -2.11. The van der Waals surface area contributed by atoms with Crippen LogP contribution in [0.1, 0.15) is 31.2 Å². The first-order valence-corrected chi connectivity index (χ1v) is 6.04. The van der Waals surface area contributed by atoms with E-state index in [0.29, 0.717) is 18.9 Å². The second kappa shape index (κ2) is 5.69. The Labute approximate surface area is 96.6 Å². The number of rotatable bonds is 3. The van der Waals surface area contributed by atoms with E-state index in [9.17, 15) is 4.79 Å². The molecule has 1 aromatic rings. The SMILES string of the molecule is O=C1CC(CCc2ccccc2)CCCO1. The minimum atomic E-state index is -0.0180. The number of carbonyl (C=O) groups is 1. The zero-order valence-electron chi connectivity index (χ0n) is 9.52. The summed E-state index contributed by atoms with van der Waals surface area (Å²) in [5.41, 5.74) is 1.36. The first-order valence-electron chi connectivity index (χ1n) is 6.04. The zero-order chi connectivity index (χ0) is 11.2. The molecule has 1 aliphatic heterocycles. The number of benzene rings is 1. The number of esters is 1. The van der Waals surface area contributed by atoms with Gasteiger partial charge in [-0.25, -0.2) is 0 Å². The summed E-state index contributed by atoms with van der Waals surface area (Å²) in [6.07, 6.45) is 4.91. The zero-order valence-corrected chi connectivity index (χ0v) is 9.52. The molecule has 0 N–H and O–H groups in total. The molecule has 16 heavy (non-hydrogen) atoms. The molecule has 2 rings (SSSR count). The van der Waals surface area contributed by atoms with Gasteiger partial charge in [-0.2, -0.15) is 0 Å². The molecule has 0 aromatic heterocycles. The van der Waals surface area contributed by atoms with Crippen molar-refractivity contribution in [2.45, 2.75) is 32.1 Å². The summed E-state index contributed by atoms with van der Waals surface area (Å²) < 4.78 is 5.05. The van der Waals surface area contributed by atoms with Gasteiger partial charge < -0.3 is 4.74 Å². The third kappa shape index (κ3) is 3.37. The molecule has 1 aromatic carbocycles. The largest absolute Gasteiger partial charge is 0.466 e. The molecule has 0 amide bonds. The maximum atomic E-state index is 11.3. The molecule has 1 atom stereocenters. The highest BCUT2D eigenvalue weighted by molar-refractivity contribution is 5.69. The van der Waals surface area contributed by atoms with E-state index in [1.807, 2.05) is 6.07 Å². The van der Waals surface area contributed by atoms with E-state index in [2.05, 4.69) is 24.3 Å². The normalized spacial score (nSPS) is 21.2. The van der Waals surface area contributed by atoms with Crippen LogP contribution in [0.5, 0.6) is 0 Å². The Kier molecular flexibility index (Phi) is 3.97. The van der Waals surface area contributed by atoms with Crippen LogP contribution in [0.4, 0.5) is 0 Å². The van der Waals surface area contributed by atoms with Crippen LogP contribution in [0.15, 0.2) is 30.3 Å². The molecule has 1 saturated heterocycles. The molecule has 0 radical (unpaired) electrons. The van der Waals surface area contributed by atoms with Crippen LogP contribution in [-0.4, -0.2) is 12.6 Å². The predicted octanol–water partition coefficient (Wildman–Crippen LogP) is 2.96. The van der Waals surface area contributed by atoms with E-state index in [-0.39, 0.29) is 5.97 Å². The van der Waals surface area contributed by atoms with Gasteiger partial charge in [0.2, 0.25) is 0 Å². The van der Waals surface area contributed by atoms with E-state index >= 15 is 0 Å². The van der Waals surface area contributed by atoms with Crippen molar-refractivity contribution < 1.29 is 9.53 Å². The van der Waals surface area contributed by atoms with Gasteiger partial charge in [0, 0.05) is 6.42 Å². The minimum absolute atomic E-state index is 0.0180. The smallest absolute Gasteiger partial charge is 0.306 e. The van der Waals surface area contributed by atoms with Gasteiger partial charge >= 0.3 is 5.97 Å². The molecule has 2 nitrogen and oxygen atoms in total. The highest BCUT2D eigenvalue weighted by Gasteiger charge is 2.18. The molecule has 0 spiro atoms. The van der Waals surface area contributed by atoms with E-state index < -0.39 is 0 Å². The summed E-state index contributed by atoms with van der Waals surface area (Å²) in [7, 11) is 0. The van der Waals surface area contributed by atoms with E-state index in [0.717, 1.165) is 25.7 Å². The van der Waals surface area contributed by atoms with Gasteiger partial charge in [-0.05, 0) is 37.2 Å². The molecule has 2 heteroatoms. The molecule has 1 heterocycles. The van der Waals surface area contributed by atoms with Gasteiger partial charge in [-0.3, -0.25) is 4.79 Å². The van der Waals surface area contributed by atoms with Crippen LogP contribution in [0.2, 0.25) is 0 Å². The Morgan fingerprint density at radius 2 is 2.06 bits per heavy atom. The van der Waals surface area contributed by atoms with E-state index in [1.54, 1.807) is 0 Å². The Hall–Kier alpha value is -1.31. The van der Waals surface area contributed by atoms with Crippen LogP contribution in [0.25, 0.3) is 0 Å². The van der Waals surface area contributed by atoms with Crippen molar-refractivity contribution in [1.29, 1.82) is 0 Å². The van der Waals surface area contributed by atoms with Crippen LogP contribution >= 0.6 is 0 Å². The fraction of sp³-hybridized carbons (Fsp3) is 0.500. The molecule has 1 fully saturated rings. The van der Waals surface area contributed by atoms with Gasteiger partial charge in [-0.15, -0.1) is 0 Å². The standard InChI is InChI=1S/C14H18O2/c15-14-11-13(7-4-10-16-14)9-8-12-5-2-1-3-6-12/h1-3,5-6,13H,4,7-11H2. The van der Waals surface area contributed by atoms with Crippen molar-refractivity contribution in [1.82, 2.24) is 0 Å². The van der Waals surface area contributed by atoms with Crippen LogP contribution in [0, 0.1) is 5.92 Å². The third-order valence-electron chi connectivity index (χ3n) is 3.16. The average molecular weight is 218 g/mol. The summed E-state index contributed by atoms with van der Waals surface area (Å²) in [6.45, 7) is 0.612. The third-order valence-corrected chi connectivity index (χ3v) is 3.16. The Balaban J connectivity index is 1.83. The van der Waals surface area contributed by atoms with Crippen LogP contribution < -0.4 is 0 Å². The number of hydrogen-bond acceptors (Lipinski definition) is 2. The molecule has 86 valence electrons. The molecule has 0 aliphatic carbocycles. The maximum absolute atomic E-state index is 11.3. The van der Waals surface area contributed by atoms with E-state index in [4.69, 9.17) is 4.74 Å². The molecular formula is C14H18O2. The number of carbonyl (C=O) groups excluding carboxylic acids is 1. The lowest BCUT2D eigenvalue weighted by Crippen LogP contribution is -2.08. The van der Waals surface area contributed by atoms with Gasteiger partial charge in [0.15, 0.2) is 0 Å². The van der Waals surface area contributed by atoms with Crippen LogP contribution in [-0.2, 0) is 16.0 Å². The summed E-state index contributed by atoms with van der Waals surface area (Å²) in [5.74, 6) is 0.491. The first-order chi connectivity index (χ1) is 7.84. The average Bonchev–Trinajstić information content (AvgIpc) is 2.52. The Morgan fingerprint density at radius 1 is 1.25 bits per heavy atom. The highest BCUT2D eigenvalue weighted by Crippen LogP contribution is 2.21. The second-order valence-electron chi connectivity index (χ2n) is 4.46. The summed E-state index contributed by atoms with van der Waals surface area (Å²) in [6, 6.07) is 10.5. The first kappa shape index (κ1) is 11.2. The topological polar surface area (TPSA) is 26.3 Å². The second-order valence-corrected chi connectivity index (χ2v) is 4.46. The lowest BCUT2D eigenvalue weighted by atomic mass is 9.93. The van der Waals surface area contributed by atoms with Crippen molar-refractivity contribution in [2.75, 3.05) is 6.61 Å². The predicted molar refractivity (Wildman–Crippen MR) is 63.1 cm³/mol. The van der Waals surface area contributed by atoms with Gasteiger partial charge in [0.25, 0.3) is 0 Å². The number of cyclic esters (lactones) is 1. The van der Waals surface area contributed by atoms with Crippen LogP contribution in [0.3, 0.4) is 0 Å². The molecule has 1 aliphatic rings. The number of hydrogen-bond donors (Lipinski definition) is 0. The van der Waals surface area contributed by atoms with Crippen molar-refractivity contribution >= 4 is 5.97 Å². The molecule has 0 saturated carbocycles. The lowest BCUT2D eigenvalue weighted by molar-refractivity contribution is -0.143. The van der Waals surface area contributed by atoms with E-state index in [1.165, 1.54) is 5.56 Å². The van der Waals surface area contributed by atoms with Gasteiger partial charge in [-0.1, -0.05) is 30.3 Å². The maximum Gasteiger partial charge on any atom is 0.306 e. The fourth-order valence-corrected chi connectivity index (χ4v) is 2.22. The van der Waals surface area contributed by atoms with Gasteiger partial charge in [0.1, 0.15) is 0 Å². The fourth-order valence-electron chi connectivity index (χ4n) is 2.22. The Morgan fingerprint density at radius 3 is 2.88 bits per heavy atom. The Bertz CT molecular complexity index is 332. The van der Waals surface area contributed by atoms with Gasteiger partial charge in [0.05, 0.1) is 6.61 Å². The van der Waals surface area contributed by atoms with Crippen molar-refractivity contribution in [2.24, 2.45) is 5.92 Å². The number of aryl methyl sites for hydroxylation is 1. The highest BCUT2D eigenvalue weighted by atomic mass is 16.5.